The summed E-state index contributed by atoms with van der Waals surface area (Å²) in [5.74, 6) is 0.851. The van der Waals surface area contributed by atoms with Gasteiger partial charge in [0.15, 0.2) is 0 Å². The van der Waals surface area contributed by atoms with Crippen LogP contribution in [-0.4, -0.2) is 24.2 Å². The van der Waals surface area contributed by atoms with Crippen molar-refractivity contribution in [1.82, 2.24) is 4.98 Å². The quantitative estimate of drug-likeness (QED) is 0.844. The molecule has 1 aromatic rings. The summed E-state index contributed by atoms with van der Waals surface area (Å²) in [6.45, 7) is 4.78. The molecule has 0 saturated carbocycles. The molecule has 0 aliphatic heterocycles. The highest BCUT2D eigenvalue weighted by molar-refractivity contribution is 9.10. The Morgan fingerprint density at radius 1 is 1.50 bits per heavy atom. The maximum Gasteiger partial charge on any atom is 0.127 e. The third kappa shape index (κ3) is 3.64. The molecule has 0 bridgehead atoms. The second-order valence-electron chi connectivity index (χ2n) is 3.66. The van der Waals surface area contributed by atoms with Gasteiger partial charge in [-0.05, 0) is 41.9 Å². The Labute approximate surface area is 93.0 Å². The highest BCUT2D eigenvalue weighted by Crippen LogP contribution is 2.12. The first kappa shape index (κ1) is 11.5. The molecule has 0 spiro atoms. The fourth-order valence-electron chi connectivity index (χ4n) is 0.882. The molecule has 0 aromatic carbocycles. The molecule has 1 heterocycles. The molecule has 3 nitrogen and oxygen atoms in total. The Morgan fingerprint density at radius 3 is 2.79 bits per heavy atom. The number of aromatic nitrogens is 1. The summed E-state index contributed by atoms with van der Waals surface area (Å²) in [6, 6.07) is 5.77. The first-order chi connectivity index (χ1) is 6.53. The number of anilines is 1. The van der Waals surface area contributed by atoms with Crippen molar-refractivity contribution < 1.29 is 4.74 Å². The molecule has 1 rings (SSSR count). The van der Waals surface area contributed by atoms with Crippen molar-refractivity contribution in [3.8, 4) is 0 Å². The number of nitrogens with one attached hydrogen (secondary N) is 1. The molecular formula is C10H15BrN2O. The van der Waals surface area contributed by atoms with Crippen LogP contribution in [0.4, 0.5) is 5.82 Å². The maximum atomic E-state index is 5.29. The Bertz CT molecular complexity index is 302. The van der Waals surface area contributed by atoms with Gasteiger partial charge in [-0.15, -0.1) is 0 Å². The molecular weight excluding hydrogens is 244 g/mol. The van der Waals surface area contributed by atoms with Crippen LogP contribution in [0, 0.1) is 0 Å². The molecule has 0 saturated heterocycles. The molecule has 0 amide bonds. The number of hydrogen-bond donors (Lipinski definition) is 1. The van der Waals surface area contributed by atoms with E-state index < -0.39 is 0 Å². The van der Waals surface area contributed by atoms with Gasteiger partial charge in [0, 0.05) is 13.7 Å². The fraction of sp³-hybridized carbons (Fsp3) is 0.500. The largest absolute Gasteiger partial charge is 0.377 e. The van der Waals surface area contributed by atoms with Gasteiger partial charge in [-0.3, -0.25) is 0 Å². The molecule has 1 aromatic heterocycles. The zero-order valence-corrected chi connectivity index (χ0v) is 10.3. The van der Waals surface area contributed by atoms with Crippen LogP contribution in [0.25, 0.3) is 0 Å². The minimum atomic E-state index is -0.177. The molecule has 0 fully saturated rings. The Morgan fingerprint density at radius 2 is 2.21 bits per heavy atom. The van der Waals surface area contributed by atoms with E-state index in [0.717, 1.165) is 17.0 Å². The average Bonchev–Trinajstić information content (AvgIpc) is 2.15. The zero-order valence-electron chi connectivity index (χ0n) is 8.67. The molecule has 0 radical (unpaired) electrons. The Hall–Kier alpha value is -0.610. The third-order valence-electron chi connectivity index (χ3n) is 1.96. The molecule has 1 N–H and O–H groups in total. The van der Waals surface area contributed by atoms with Crippen LogP contribution >= 0.6 is 15.9 Å². The van der Waals surface area contributed by atoms with E-state index in [0.29, 0.717) is 0 Å². The van der Waals surface area contributed by atoms with E-state index >= 15 is 0 Å². The van der Waals surface area contributed by atoms with Gasteiger partial charge in [-0.25, -0.2) is 4.98 Å². The minimum Gasteiger partial charge on any atom is -0.377 e. The number of pyridine rings is 1. The highest BCUT2D eigenvalue weighted by Gasteiger charge is 2.15. The molecule has 4 heteroatoms. The summed E-state index contributed by atoms with van der Waals surface area (Å²) in [5.41, 5.74) is -0.177. The molecule has 0 aliphatic carbocycles. The standard InChI is InChI=1S/C10H15BrN2O/c1-10(2,14-3)7-12-9-6-4-5-8(11)13-9/h4-6H,7H2,1-3H3,(H,12,13). The molecule has 0 unspecified atom stereocenters. The van der Waals surface area contributed by atoms with Crippen LogP contribution in [0.15, 0.2) is 22.8 Å². The van der Waals surface area contributed by atoms with Crippen molar-refractivity contribution in [2.45, 2.75) is 19.4 Å². The van der Waals surface area contributed by atoms with Gasteiger partial charge in [0.1, 0.15) is 10.4 Å². The first-order valence-electron chi connectivity index (χ1n) is 4.45. The van der Waals surface area contributed by atoms with Crippen molar-refractivity contribution in [2.75, 3.05) is 19.0 Å². The van der Waals surface area contributed by atoms with E-state index in [2.05, 4.69) is 26.2 Å². The molecule has 14 heavy (non-hydrogen) atoms. The van der Waals surface area contributed by atoms with Crippen LogP contribution in [0.5, 0.6) is 0 Å². The number of halogens is 1. The molecule has 0 aliphatic rings. The summed E-state index contributed by atoms with van der Waals surface area (Å²) in [7, 11) is 1.70. The summed E-state index contributed by atoms with van der Waals surface area (Å²) in [4.78, 5) is 4.26. The van der Waals surface area contributed by atoms with E-state index in [1.807, 2.05) is 32.0 Å². The van der Waals surface area contributed by atoms with Crippen molar-refractivity contribution >= 4 is 21.7 Å². The first-order valence-corrected chi connectivity index (χ1v) is 5.24. The van der Waals surface area contributed by atoms with Crippen LogP contribution in [0.1, 0.15) is 13.8 Å². The second-order valence-corrected chi connectivity index (χ2v) is 4.48. The van der Waals surface area contributed by atoms with Crippen LogP contribution < -0.4 is 5.32 Å². The molecule has 78 valence electrons. The van der Waals surface area contributed by atoms with E-state index in [-0.39, 0.29) is 5.60 Å². The van der Waals surface area contributed by atoms with Gasteiger partial charge in [-0.1, -0.05) is 6.07 Å². The van der Waals surface area contributed by atoms with E-state index in [1.165, 1.54) is 0 Å². The fourth-order valence-corrected chi connectivity index (χ4v) is 1.23. The lowest BCUT2D eigenvalue weighted by molar-refractivity contribution is 0.0343. The van der Waals surface area contributed by atoms with Gasteiger partial charge in [0.05, 0.1) is 5.60 Å². The van der Waals surface area contributed by atoms with E-state index in [9.17, 15) is 0 Å². The summed E-state index contributed by atoms with van der Waals surface area (Å²) in [5, 5.41) is 3.21. The third-order valence-corrected chi connectivity index (χ3v) is 2.40. The number of rotatable bonds is 4. The van der Waals surface area contributed by atoms with E-state index in [1.54, 1.807) is 7.11 Å². The van der Waals surface area contributed by atoms with Gasteiger partial charge in [-0.2, -0.15) is 0 Å². The normalized spacial score (nSPS) is 11.4. The summed E-state index contributed by atoms with van der Waals surface area (Å²) < 4.78 is 6.12. The lowest BCUT2D eigenvalue weighted by atomic mass is 10.1. The van der Waals surface area contributed by atoms with Crippen LogP contribution in [0.2, 0.25) is 0 Å². The monoisotopic (exact) mass is 258 g/mol. The van der Waals surface area contributed by atoms with Crippen molar-refractivity contribution in [3.05, 3.63) is 22.8 Å². The topological polar surface area (TPSA) is 34.1 Å². The number of nitrogens with zero attached hydrogens (tertiary/aromatic N) is 1. The summed E-state index contributed by atoms with van der Waals surface area (Å²) in [6.07, 6.45) is 0. The smallest absolute Gasteiger partial charge is 0.127 e. The lowest BCUT2D eigenvalue weighted by Gasteiger charge is -2.23. The zero-order chi connectivity index (χ0) is 10.6. The molecule has 0 atom stereocenters. The number of hydrogen-bond acceptors (Lipinski definition) is 3. The van der Waals surface area contributed by atoms with Gasteiger partial charge in [0.2, 0.25) is 0 Å². The van der Waals surface area contributed by atoms with Crippen molar-refractivity contribution in [1.29, 1.82) is 0 Å². The van der Waals surface area contributed by atoms with Crippen molar-refractivity contribution in [2.24, 2.45) is 0 Å². The van der Waals surface area contributed by atoms with Crippen molar-refractivity contribution in [3.63, 3.8) is 0 Å². The van der Waals surface area contributed by atoms with Crippen LogP contribution in [-0.2, 0) is 4.74 Å². The minimum absolute atomic E-state index is 0.177. The average molecular weight is 259 g/mol. The van der Waals surface area contributed by atoms with Gasteiger partial charge >= 0.3 is 0 Å². The Kier molecular flexibility index (Phi) is 3.89. The number of ether oxygens (including phenoxy) is 1. The maximum absolute atomic E-state index is 5.29. The summed E-state index contributed by atoms with van der Waals surface area (Å²) >= 11 is 3.32. The van der Waals surface area contributed by atoms with Gasteiger partial charge < -0.3 is 10.1 Å². The highest BCUT2D eigenvalue weighted by atomic mass is 79.9. The Balaban J connectivity index is 2.54. The predicted octanol–water partition coefficient (Wildman–Crippen LogP) is 2.68. The second kappa shape index (κ2) is 4.75. The predicted molar refractivity (Wildman–Crippen MR) is 61.5 cm³/mol. The van der Waals surface area contributed by atoms with Crippen LogP contribution in [0.3, 0.4) is 0 Å². The van der Waals surface area contributed by atoms with E-state index in [4.69, 9.17) is 4.74 Å². The van der Waals surface area contributed by atoms with Gasteiger partial charge in [0.25, 0.3) is 0 Å². The lowest BCUT2D eigenvalue weighted by Crippen LogP contribution is -2.32. The SMILES string of the molecule is COC(C)(C)CNc1cccc(Br)n1. The number of methoxy groups -OCH3 is 1.